The molecule has 110 valence electrons. The van der Waals surface area contributed by atoms with Gasteiger partial charge in [0.15, 0.2) is 0 Å². The first-order chi connectivity index (χ1) is 10.2. The minimum Gasteiger partial charge on any atom is -0.459 e. The van der Waals surface area contributed by atoms with Crippen molar-refractivity contribution >= 4 is 11.0 Å². The van der Waals surface area contributed by atoms with E-state index in [1.165, 1.54) is 11.1 Å². The van der Waals surface area contributed by atoms with Gasteiger partial charge in [0.05, 0.1) is 12.7 Å². The zero-order chi connectivity index (χ0) is 14.8. The molecule has 0 aliphatic heterocycles. The summed E-state index contributed by atoms with van der Waals surface area (Å²) in [6.07, 6.45) is 3.93. The Morgan fingerprint density at radius 3 is 2.81 bits per heavy atom. The van der Waals surface area contributed by atoms with Crippen LogP contribution in [0.5, 0.6) is 0 Å². The lowest BCUT2D eigenvalue weighted by molar-refractivity contribution is 0.316. The van der Waals surface area contributed by atoms with Crippen molar-refractivity contribution in [2.75, 3.05) is 7.05 Å². The summed E-state index contributed by atoms with van der Waals surface area (Å²) in [5, 5.41) is 5.35. The van der Waals surface area contributed by atoms with Gasteiger partial charge in [0.2, 0.25) is 0 Å². The van der Waals surface area contributed by atoms with Crippen LogP contribution < -0.4 is 5.73 Å². The molecular weight excluding hydrogens is 264 g/mol. The molecule has 0 spiro atoms. The van der Waals surface area contributed by atoms with E-state index in [9.17, 15) is 0 Å². The summed E-state index contributed by atoms with van der Waals surface area (Å²) >= 11 is 0. The zero-order valence-electron chi connectivity index (χ0n) is 12.4. The lowest BCUT2D eigenvalue weighted by Crippen LogP contribution is -2.18. The molecule has 2 heterocycles. The number of nitrogens with two attached hydrogens (primary N) is 1. The van der Waals surface area contributed by atoms with Crippen LogP contribution in [0.2, 0.25) is 0 Å². The molecule has 0 amide bonds. The molecule has 0 atom stereocenters. The van der Waals surface area contributed by atoms with Gasteiger partial charge >= 0.3 is 0 Å². The summed E-state index contributed by atoms with van der Waals surface area (Å²) < 4.78 is 7.66. The minimum atomic E-state index is 0.421. The van der Waals surface area contributed by atoms with Crippen LogP contribution in [0.4, 0.5) is 0 Å². The number of benzene rings is 1. The van der Waals surface area contributed by atoms with E-state index in [1.807, 2.05) is 42.3 Å². The Hall–Kier alpha value is -2.11. The molecule has 3 aromatic rings. The van der Waals surface area contributed by atoms with Crippen molar-refractivity contribution in [2.24, 2.45) is 12.8 Å². The van der Waals surface area contributed by atoms with Crippen molar-refractivity contribution in [3.63, 3.8) is 0 Å². The van der Waals surface area contributed by atoms with Crippen molar-refractivity contribution in [3.05, 3.63) is 53.5 Å². The molecule has 0 unspecified atom stereocenters. The Balaban J connectivity index is 1.83. The fourth-order valence-corrected chi connectivity index (χ4v) is 2.68. The van der Waals surface area contributed by atoms with Crippen LogP contribution in [-0.4, -0.2) is 21.7 Å². The summed E-state index contributed by atoms with van der Waals surface area (Å²) in [7, 11) is 4.02. The summed E-state index contributed by atoms with van der Waals surface area (Å²) in [5.41, 5.74) is 9.10. The summed E-state index contributed by atoms with van der Waals surface area (Å²) in [4.78, 5) is 2.24. The number of para-hydroxylation sites is 1. The molecule has 1 aromatic carbocycles. The highest BCUT2D eigenvalue weighted by Gasteiger charge is 2.14. The van der Waals surface area contributed by atoms with Crippen molar-refractivity contribution in [1.29, 1.82) is 0 Å². The summed E-state index contributed by atoms with van der Waals surface area (Å²) in [6, 6.07) is 8.09. The number of hydrogen-bond acceptors (Lipinski definition) is 4. The first-order valence-corrected chi connectivity index (χ1v) is 7.03. The molecule has 0 aliphatic rings. The molecule has 21 heavy (non-hydrogen) atoms. The Kier molecular flexibility index (Phi) is 3.77. The Morgan fingerprint density at radius 2 is 2.10 bits per heavy atom. The van der Waals surface area contributed by atoms with Gasteiger partial charge in [-0.15, -0.1) is 0 Å². The third kappa shape index (κ3) is 2.84. The van der Waals surface area contributed by atoms with Gasteiger partial charge in [-0.2, -0.15) is 5.10 Å². The van der Waals surface area contributed by atoms with E-state index < -0.39 is 0 Å². The molecule has 0 fully saturated rings. The molecule has 5 nitrogen and oxygen atoms in total. The smallest absolute Gasteiger partial charge is 0.134 e. The maximum Gasteiger partial charge on any atom is 0.134 e. The Morgan fingerprint density at radius 1 is 1.29 bits per heavy atom. The predicted molar refractivity (Wildman–Crippen MR) is 82.5 cm³/mol. The number of aryl methyl sites for hydroxylation is 1. The van der Waals surface area contributed by atoms with Gasteiger partial charge in [0.25, 0.3) is 0 Å². The molecule has 2 aromatic heterocycles. The Bertz CT molecular complexity index is 744. The van der Waals surface area contributed by atoms with Gasteiger partial charge in [0, 0.05) is 42.8 Å². The zero-order valence-corrected chi connectivity index (χ0v) is 12.4. The average molecular weight is 284 g/mol. The van der Waals surface area contributed by atoms with Gasteiger partial charge in [-0.05, 0) is 13.1 Å². The Labute approximate surface area is 123 Å². The molecule has 2 N–H and O–H groups in total. The maximum atomic E-state index is 5.84. The third-order valence-electron chi connectivity index (χ3n) is 3.61. The predicted octanol–water partition coefficient (Wildman–Crippen LogP) is 2.26. The number of hydrogen-bond donors (Lipinski definition) is 1. The highest BCUT2D eigenvalue weighted by Crippen LogP contribution is 2.26. The van der Waals surface area contributed by atoms with Gasteiger partial charge in [0.1, 0.15) is 11.3 Å². The van der Waals surface area contributed by atoms with Crippen LogP contribution in [0.3, 0.4) is 0 Å². The molecule has 0 aliphatic carbocycles. The van der Waals surface area contributed by atoms with Crippen LogP contribution in [0.1, 0.15) is 16.9 Å². The standard InChI is InChI=1S/C16H20N4O/c1-19(9-12-8-18-20(2)10-12)11-14-13-5-3-4-6-15(13)21-16(14)7-17/h3-6,8,10H,7,9,11,17H2,1-2H3. The van der Waals surface area contributed by atoms with Crippen molar-refractivity contribution < 1.29 is 4.42 Å². The average Bonchev–Trinajstić information content (AvgIpc) is 3.03. The molecule has 5 heteroatoms. The van der Waals surface area contributed by atoms with Gasteiger partial charge < -0.3 is 10.2 Å². The van der Waals surface area contributed by atoms with E-state index in [0.29, 0.717) is 6.54 Å². The van der Waals surface area contributed by atoms with Gasteiger partial charge in [-0.25, -0.2) is 0 Å². The molecule has 0 saturated heterocycles. The van der Waals surface area contributed by atoms with E-state index in [-0.39, 0.29) is 0 Å². The normalized spacial score (nSPS) is 11.6. The first-order valence-electron chi connectivity index (χ1n) is 7.03. The number of furan rings is 1. The highest BCUT2D eigenvalue weighted by molar-refractivity contribution is 5.82. The van der Waals surface area contributed by atoms with Crippen LogP contribution >= 0.6 is 0 Å². The molecule has 0 saturated carbocycles. The number of fused-ring (bicyclic) bond motifs is 1. The summed E-state index contributed by atoms with van der Waals surface area (Å²) in [5.74, 6) is 0.870. The topological polar surface area (TPSA) is 60.2 Å². The molecular formula is C16H20N4O. The highest BCUT2D eigenvalue weighted by atomic mass is 16.3. The van der Waals surface area contributed by atoms with Gasteiger partial charge in [-0.3, -0.25) is 9.58 Å². The number of rotatable bonds is 5. The van der Waals surface area contributed by atoms with Crippen LogP contribution in [0.15, 0.2) is 41.1 Å². The fraction of sp³-hybridized carbons (Fsp3) is 0.312. The lowest BCUT2D eigenvalue weighted by atomic mass is 10.1. The third-order valence-corrected chi connectivity index (χ3v) is 3.61. The number of aromatic nitrogens is 2. The number of nitrogens with zero attached hydrogens (tertiary/aromatic N) is 3. The van der Waals surface area contributed by atoms with Crippen LogP contribution in [0, 0.1) is 0 Å². The molecule has 3 rings (SSSR count). The monoisotopic (exact) mass is 284 g/mol. The second kappa shape index (κ2) is 5.71. The van der Waals surface area contributed by atoms with Crippen molar-refractivity contribution in [3.8, 4) is 0 Å². The SMILES string of the molecule is CN(Cc1cnn(C)c1)Cc1c(CN)oc2ccccc12. The first kappa shape index (κ1) is 13.9. The summed E-state index contributed by atoms with van der Waals surface area (Å²) in [6.45, 7) is 2.07. The molecule has 0 radical (unpaired) electrons. The fourth-order valence-electron chi connectivity index (χ4n) is 2.68. The minimum absolute atomic E-state index is 0.421. The van der Waals surface area contributed by atoms with Gasteiger partial charge in [-0.1, -0.05) is 18.2 Å². The van der Waals surface area contributed by atoms with E-state index in [2.05, 4.69) is 23.1 Å². The van der Waals surface area contributed by atoms with Crippen molar-refractivity contribution in [1.82, 2.24) is 14.7 Å². The van der Waals surface area contributed by atoms with E-state index in [0.717, 1.165) is 29.8 Å². The quantitative estimate of drug-likeness (QED) is 0.780. The van der Waals surface area contributed by atoms with E-state index in [1.54, 1.807) is 0 Å². The van der Waals surface area contributed by atoms with E-state index >= 15 is 0 Å². The lowest BCUT2D eigenvalue weighted by Gasteiger charge is -2.15. The second-order valence-electron chi connectivity index (χ2n) is 5.40. The molecule has 0 bridgehead atoms. The van der Waals surface area contributed by atoms with Crippen molar-refractivity contribution in [2.45, 2.75) is 19.6 Å². The van der Waals surface area contributed by atoms with Crippen LogP contribution in [-0.2, 0) is 26.7 Å². The largest absolute Gasteiger partial charge is 0.459 e. The maximum absolute atomic E-state index is 5.84. The second-order valence-corrected chi connectivity index (χ2v) is 5.40. The van der Waals surface area contributed by atoms with Crippen LogP contribution in [0.25, 0.3) is 11.0 Å². The van der Waals surface area contributed by atoms with E-state index in [4.69, 9.17) is 10.2 Å².